The monoisotopic (exact) mass is 523 g/mol. The Kier molecular flexibility index (Phi) is 10.8. The van der Waals surface area contributed by atoms with Crippen LogP contribution in [0.3, 0.4) is 0 Å². The van der Waals surface area contributed by atoms with Crippen molar-refractivity contribution in [3.05, 3.63) is 12.2 Å². The van der Waals surface area contributed by atoms with E-state index in [9.17, 15) is 45.3 Å². The zero-order valence-electron chi connectivity index (χ0n) is 20.4. The molecule has 0 aliphatic carbocycles. The molecule has 2 heterocycles. The second-order valence-electron chi connectivity index (χ2n) is 9.44. The summed E-state index contributed by atoms with van der Waals surface area (Å²) < 4.78 is 21.3. The summed E-state index contributed by atoms with van der Waals surface area (Å²) in [6.45, 7) is 6.26. The molecule has 0 aromatic rings. The van der Waals surface area contributed by atoms with Crippen LogP contribution in [-0.2, 0) is 28.5 Å². The van der Waals surface area contributed by atoms with Crippen molar-refractivity contribution in [3.63, 3.8) is 0 Å². The van der Waals surface area contributed by atoms with Crippen LogP contribution in [0, 0.1) is 5.92 Å². The van der Waals surface area contributed by atoms with E-state index in [2.05, 4.69) is 11.9 Å². The molecule has 8 N–H and O–H groups in total. The highest BCUT2D eigenvalue weighted by atomic mass is 16.8. The van der Waals surface area contributed by atoms with Gasteiger partial charge in [-0.25, -0.2) is 4.79 Å². The molecule has 2 saturated heterocycles. The van der Waals surface area contributed by atoms with E-state index in [-0.39, 0.29) is 17.9 Å². The van der Waals surface area contributed by atoms with Gasteiger partial charge in [0.05, 0.1) is 6.61 Å². The first-order valence-corrected chi connectivity index (χ1v) is 11.5. The van der Waals surface area contributed by atoms with Crippen molar-refractivity contribution < 1.29 is 64.3 Å². The van der Waals surface area contributed by atoms with E-state index in [1.165, 1.54) is 6.92 Å². The first-order chi connectivity index (χ1) is 16.8. The maximum atomic E-state index is 12.7. The van der Waals surface area contributed by atoms with Gasteiger partial charge in [-0.3, -0.25) is 4.79 Å². The minimum absolute atomic E-state index is 0.00449. The average molecular weight is 524 g/mol. The van der Waals surface area contributed by atoms with Crippen molar-refractivity contribution in [3.8, 4) is 0 Å². The Morgan fingerprint density at radius 3 is 2.17 bits per heavy atom. The Hall–Kier alpha value is -1.72. The highest BCUT2D eigenvalue weighted by molar-refractivity contribution is 5.95. The number of hydrogen-bond acceptors (Lipinski definition) is 13. The van der Waals surface area contributed by atoms with Crippen molar-refractivity contribution >= 4 is 11.9 Å². The van der Waals surface area contributed by atoms with Crippen molar-refractivity contribution in [1.29, 1.82) is 0 Å². The molecule has 0 spiro atoms. The van der Waals surface area contributed by atoms with E-state index < -0.39 is 92.5 Å². The minimum Gasteiger partial charge on any atom is -0.461 e. The van der Waals surface area contributed by atoms with Crippen LogP contribution >= 0.6 is 0 Å². The van der Waals surface area contributed by atoms with Crippen LogP contribution < -0.4 is 5.32 Å². The molecule has 2 rings (SSSR count). The third-order valence-electron chi connectivity index (χ3n) is 5.96. The summed E-state index contributed by atoms with van der Waals surface area (Å²) in [4.78, 5) is 24.6. The molecule has 14 nitrogen and oxygen atoms in total. The second kappa shape index (κ2) is 12.7. The maximum Gasteiger partial charge on any atom is 0.328 e. The summed E-state index contributed by atoms with van der Waals surface area (Å²) >= 11 is 0. The number of rotatable bonds is 11. The molecule has 0 unspecified atom stereocenters. The highest BCUT2D eigenvalue weighted by Crippen LogP contribution is 2.36. The first-order valence-electron chi connectivity index (χ1n) is 11.5. The maximum absolute atomic E-state index is 12.7. The molecule has 0 aromatic carbocycles. The number of nitrogens with one attached hydrogen (secondary N) is 1. The number of aliphatic hydroxyl groups is 7. The molecule has 2 fully saturated rings. The fourth-order valence-corrected chi connectivity index (χ4v) is 3.85. The van der Waals surface area contributed by atoms with Gasteiger partial charge in [-0.15, -0.1) is 0 Å². The molecule has 36 heavy (non-hydrogen) atoms. The predicted octanol–water partition coefficient (Wildman–Crippen LogP) is -3.74. The minimum atomic E-state index is -2.34. The summed E-state index contributed by atoms with van der Waals surface area (Å²) in [5.74, 6) is -3.73. The number of amides is 1. The van der Waals surface area contributed by atoms with Gasteiger partial charge < -0.3 is 60.0 Å². The predicted molar refractivity (Wildman–Crippen MR) is 119 cm³/mol. The van der Waals surface area contributed by atoms with E-state index in [1.807, 2.05) is 13.8 Å². The molecule has 0 radical (unpaired) electrons. The summed E-state index contributed by atoms with van der Waals surface area (Å²) in [6, 6.07) is -1.03. The average Bonchev–Trinajstić information content (AvgIpc) is 3.07. The van der Waals surface area contributed by atoms with E-state index in [0.29, 0.717) is 0 Å². The van der Waals surface area contributed by atoms with Crippen molar-refractivity contribution in [2.45, 2.75) is 88.0 Å². The molecule has 0 aromatic heterocycles. The van der Waals surface area contributed by atoms with Crippen LogP contribution in [0.25, 0.3) is 0 Å². The Labute approximate surface area is 208 Å². The second-order valence-corrected chi connectivity index (χ2v) is 9.44. The third-order valence-corrected chi connectivity index (χ3v) is 5.96. The zero-order chi connectivity index (χ0) is 27.4. The molecule has 2 aliphatic rings. The topological polar surface area (TPSA) is 225 Å². The lowest BCUT2D eigenvalue weighted by Gasteiger charge is -2.43. The number of hydrogen-bond donors (Lipinski definition) is 8. The Morgan fingerprint density at radius 1 is 1.03 bits per heavy atom. The van der Waals surface area contributed by atoms with Gasteiger partial charge in [0, 0.05) is 5.57 Å². The lowest BCUT2D eigenvalue weighted by atomic mass is 9.98. The summed E-state index contributed by atoms with van der Waals surface area (Å²) in [5, 5.41) is 72.8. The Bertz CT molecular complexity index is 779. The van der Waals surface area contributed by atoms with Crippen LogP contribution in [0.15, 0.2) is 12.2 Å². The Morgan fingerprint density at radius 2 is 1.67 bits per heavy atom. The normalized spacial score (nSPS) is 37.5. The summed E-state index contributed by atoms with van der Waals surface area (Å²) in [7, 11) is 0. The van der Waals surface area contributed by atoms with Gasteiger partial charge in [0.25, 0.3) is 0 Å². The molecule has 10 atom stereocenters. The largest absolute Gasteiger partial charge is 0.461 e. The molecule has 0 bridgehead atoms. The van der Waals surface area contributed by atoms with E-state index >= 15 is 0 Å². The van der Waals surface area contributed by atoms with Crippen LogP contribution in [0.2, 0.25) is 0 Å². The number of aliphatic hydroxyl groups excluding tert-OH is 7. The standard InChI is InChI=1S/C22H37NO13/c1-9(2)5-11(23-19(31)10(3)4)20(32)33-7-13-14(26)16(28)17(29)21(34-13)36-22(8-25)18(30)15(27)12(6-24)35-22/h9,11-18,21,24-30H,3,5-8H2,1-2,4H3,(H,23,31)/t11-,12+,13+,14+,15+,16-,17+,18-,21+,22-/m0/s1. The lowest BCUT2D eigenvalue weighted by Crippen LogP contribution is -2.63. The molecular weight excluding hydrogens is 486 g/mol. The quantitative estimate of drug-likeness (QED) is 0.0964. The van der Waals surface area contributed by atoms with Gasteiger partial charge in [-0.2, -0.15) is 0 Å². The molecule has 208 valence electrons. The Balaban J connectivity index is 2.12. The van der Waals surface area contributed by atoms with E-state index in [0.717, 1.165) is 0 Å². The van der Waals surface area contributed by atoms with Gasteiger partial charge >= 0.3 is 5.97 Å². The number of carbonyl (C=O) groups excluding carboxylic acids is 2. The molecule has 14 heteroatoms. The van der Waals surface area contributed by atoms with Crippen LogP contribution in [0.1, 0.15) is 27.2 Å². The number of esters is 1. The van der Waals surface area contributed by atoms with Gasteiger partial charge in [-0.05, 0) is 19.3 Å². The number of carbonyl (C=O) groups is 2. The number of ether oxygens (including phenoxy) is 4. The fourth-order valence-electron chi connectivity index (χ4n) is 3.85. The zero-order valence-corrected chi connectivity index (χ0v) is 20.4. The first kappa shape index (κ1) is 30.5. The van der Waals surface area contributed by atoms with Gasteiger partial charge in [0.2, 0.25) is 11.7 Å². The van der Waals surface area contributed by atoms with Crippen molar-refractivity contribution in [2.24, 2.45) is 5.92 Å². The summed E-state index contributed by atoms with van der Waals surface area (Å²) in [6.07, 6.45) is -13.4. The van der Waals surface area contributed by atoms with Gasteiger partial charge in [0.1, 0.15) is 62.0 Å². The molecule has 1 amide bonds. The summed E-state index contributed by atoms with van der Waals surface area (Å²) in [5.41, 5.74) is 0.183. The molecule has 0 saturated carbocycles. The van der Waals surface area contributed by atoms with Crippen LogP contribution in [0.4, 0.5) is 0 Å². The fraction of sp³-hybridized carbons (Fsp3) is 0.818. The third kappa shape index (κ3) is 6.77. The van der Waals surface area contributed by atoms with Crippen molar-refractivity contribution in [2.75, 3.05) is 19.8 Å². The lowest BCUT2D eigenvalue weighted by molar-refractivity contribution is -0.383. The van der Waals surface area contributed by atoms with E-state index in [4.69, 9.17) is 18.9 Å². The molecule has 2 aliphatic heterocycles. The van der Waals surface area contributed by atoms with Crippen molar-refractivity contribution in [1.82, 2.24) is 5.32 Å². The van der Waals surface area contributed by atoms with E-state index in [1.54, 1.807) is 0 Å². The highest BCUT2D eigenvalue weighted by Gasteiger charge is 2.58. The SMILES string of the molecule is C=C(C)C(=O)N[C@@H](CC(C)C)C(=O)OC[C@H]1O[C@H](O[C@]2(CO)O[C@H](CO)[C@@H](O)[C@@H]2O)[C@H](O)[C@@H](O)[C@@H]1O. The molecular formula is C22H37NO13. The van der Waals surface area contributed by atoms with Crippen LogP contribution in [0.5, 0.6) is 0 Å². The van der Waals surface area contributed by atoms with Gasteiger partial charge in [-0.1, -0.05) is 20.4 Å². The van der Waals surface area contributed by atoms with Gasteiger partial charge in [0.15, 0.2) is 6.29 Å². The smallest absolute Gasteiger partial charge is 0.328 e. The van der Waals surface area contributed by atoms with Crippen LogP contribution in [-0.4, -0.2) is 128 Å².